The molecule has 4 bridgehead atoms. The van der Waals surface area contributed by atoms with Gasteiger partial charge >= 0.3 is 22.5 Å². The first-order valence-corrected chi connectivity index (χ1v) is 9.37. The molecular weight excluding hydrogens is 382 g/mol. The highest BCUT2D eigenvalue weighted by molar-refractivity contribution is 5.38. The predicted molar refractivity (Wildman–Crippen MR) is 97.2 cm³/mol. The van der Waals surface area contributed by atoms with Gasteiger partial charge in [-0.15, -0.1) is 0 Å². The standard InChI is InChI=1S/C18H15N5O6/c24-15-19(12-4-2-1-3-5-12)16(25)21-14-9-13(20(15)21)17(22(26)27)10-6-7-11(8-10)18(14,17)23(28)29/h1-7,10-11,13-14H,8-9H2. The van der Waals surface area contributed by atoms with Crippen molar-refractivity contribution in [1.29, 1.82) is 0 Å². The second-order valence-electron chi connectivity index (χ2n) is 8.19. The van der Waals surface area contributed by atoms with Crippen LogP contribution in [0.4, 0.5) is 0 Å². The molecule has 3 aliphatic carbocycles. The Morgan fingerprint density at radius 2 is 1.31 bits per heavy atom. The van der Waals surface area contributed by atoms with Gasteiger partial charge < -0.3 is 0 Å². The first-order chi connectivity index (χ1) is 13.9. The van der Waals surface area contributed by atoms with Crippen molar-refractivity contribution in [3.63, 3.8) is 0 Å². The van der Waals surface area contributed by atoms with E-state index in [0.29, 0.717) is 12.1 Å². The normalized spacial score (nSPS) is 37.7. The van der Waals surface area contributed by atoms with Crippen LogP contribution in [0.25, 0.3) is 5.69 Å². The van der Waals surface area contributed by atoms with Crippen LogP contribution in [0.1, 0.15) is 24.9 Å². The molecule has 29 heavy (non-hydrogen) atoms. The van der Waals surface area contributed by atoms with E-state index in [0.717, 1.165) is 13.9 Å². The quantitative estimate of drug-likeness (QED) is 0.321. The summed E-state index contributed by atoms with van der Waals surface area (Å²) in [4.78, 5) is 50.2. The maximum atomic E-state index is 13.2. The van der Waals surface area contributed by atoms with E-state index >= 15 is 0 Å². The highest BCUT2D eigenvalue weighted by Gasteiger charge is 2.94. The lowest BCUT2D eigenvalue weighted by molar-refractivity contribution is -0.693. The first-order valence-electron chi connectivity index (χ1n) is 9.37. The zero-order valence-electron chi connectivity index (χ0n) is 15.0. The van der Waals surface area contributed by atoms with Crippen LogP contribution < -0.4 is 11.4 Å². The Kier molecular flexibility index (Phi) is 2.68. The van der Waals surface area contributed by atoms with E-state index < -0.39 is 56.2 Å². The molecule has 11 heteroatoms. The lowest BCUT2D eigenvalue weighted by atomic mass is 9.69. The third kappa shape index (κ3) is 1.39. The minimum absolute atomic E-state index is 0.0384. The fourth-order valence-electron chi connectivity index (χ4n) is 6.76. The lowest BCUT2D eigenvalue weighted by Crippen LogP contribution is -2.70. The maximum absolute atomic E-state index is 13.2. The molecule has 2 fully saturated rings. The van der Waals surface area contributed by atoms with E-state index in [1.54, 1.807) is 42.5 Å². The van der Waals surface area contributed by atoms with Crippen molar-refractivity contribution in [2.75, 3.05) is 0 Å². The highest BCUT2D eigenvalue weighted by atomic mass is 16.7. The Morgan fingerprint density at radius 3 is 1.76 bits per heavy atom. The summed E-state index contributed by atoms with van der Waals surface area (Å²) in [6, 6.07) is 6.14. The van der Waals surface area contributed by atoms with E-state index in [-0.39, 0.29) is 6.42 Å². The molecule has 6 atom stereocenters. The summed E-state index contributed by atoms with van der Waals surface area (Å²) in [5, 5.41) is 24.9. The third-order valence-corrected chi connectivity index (χ3v) is 7.53. The van der Waals surface area contributed by atoms with E-state index in [2.05, 4.69) is 0 Å². The van der Waals surface area contributed by atoms with Crippen molar-refractivity contribution in [3.05, 3.63) is 83.7 Å². The molecule has 6 unspecified atom stereocenters. The summed E-state index contributed by atoms with van der Waals surface area (Å²) < 4.78 is 3.16. The van der Waals surface area contributed by atoms with Gasteiger partial charge in [0.1, 0.15) is 12.1 Å². The SMILES string of the molecule is O=c1n(-c2ccccc2)c(=O)n2n1C1CC2C2([N+](=O)[O-])C3C=CC(C3)C12[N+](=O)[O-]. The minimum atomic E-state index is -1.93. The van der Waals surface area contributed by atoms with Crippen LogP contribution >= 0.6 is 0 Å². The number of benzene rings is 1. The van der Waals surface area contributed by atoms with Crippen LogP contribution in [0.2, 0.25) is 0 Å². The molecule has 0 saturated heterocycles. The third-order valence-electron chi connectivity index (χ3n) is 7.53. The Hall–Kier alpha value is -3.50. The predicted octanol–water partition coefficient (Wildman–Crippen LogP) is 0.537. The summed E-state index contributed by atoms with van der Waals surface area (Å²) in [5.74, 6) is -1.28. The molecular formula is C18H15N5O6. The van der Waals surface area contributed by atoms with Gasteiger partial charge in [-0.3, -0.25) is 20.2 Å². The van der Waals surface area contributed by atoms with Crippen LogP contribution in [0.3, 0.4) is 0 Å². The number of fused-ring (bicyclic) bond motifs is 12. The van der Waals surface area contributed by atoms with Crippen molar-refractivity contribution in [3.8, 4) is 5.69 Å². The monoisotopic (exact) mass is 397 g/mol. The average Bonchev–Trinajstić information content (AvgIpc) is 3.46. The van der Waals surface area contributed by atoms with E-state index in [9.17, 15) is 29.8 Å². The smallest absolute Gasteiger partial charge is 0.264 e. The second kappa shape index (κ2) is 4.73. The maximum Gasteiger partial charge on any atom is 0.352 e. The molecule has 0 N–H and O–H groups in total. The van der Waals surface area contributed by atoms with Gasteiger partial charge in [-0.05, 0) is 18.6 Å². The topological polar surface area (TPSA) is 135 Å². The van der Waals surface area contributed by atoms with Gasteiger partial charge in [-0.25, -0.2) is 23.5 Å². The fraction of sp³-hybridized carbons (Fsp3) is 0.444. The average molecular weight is 397 g/mol. The minimum Gasteiger partial charge on any atom is -0.264 e. The molecule has 148 valence electrons. The van der Waals surface area contributed by atoms with Gasteiger partial charge in [-0.2, -0.15) is 0 Å². The zero-order valence-corrected chi connectivity index (χ0v) is 15.0. The molecule has 1 aromatic heterocycles. The van der Waals surface area contributed by atoms with Crippen LogP contribution in [-0.2, 0) is 0 Å². The molecule has 2 heterocycles. The van der Waals surface area contributed by atoms with Crippen molar-refractivity contribution >= 4 is 0 Å². The number of nitro groups is 2. The van der Waals surface area contributed by atoms with E-state index in [4.69, 9.17) is 0 Å². The Bertz CT molecular complexity index is 1180. The molecule has 1 aliphatic heterocycles. The first kappa shape index (κ1) is 16.5. The summed E-state index contributed by atoms with van der Waals surface area (Å²) >= 11 is 0. The summed E-state index contributed by atoms with van der Waals surface area (Å²) in [5.41, 5.74) is -4.93. The van der Waals surface area contributed by atoms with Crippen molar-refractivity contribution in [2.24, 2.45) is 11.8 Å². The van der Waals surface area contributed by atoms with Gasteiger partial charge in [0, 0.05) is 16.3 Å². The van der Waals surface area contributed by atoms with Gasteiger partial charge in [0.25, 0.3) is 0 Å². The number of para-hydroxylation sites is 1. The van der Waals surface area contributed by atoms with Crippen LogP contribution in [0.15, 0.2) is 52.1 Å². The zero-order chi connectivity index (χ0) is 20.3. The van der Waals surface area contributed by atoms with Gasteiger partial charge in [0.15, 0.2) is 0 Å². The van der Waals surface area contributed by atoms with Crippen LogP contribution in [-0.4, -0.2) is 34.9 Å². The summed E-state index contributed by atoms with van der Waals surface area (Å²) in [6.07, 6.45) is 3.69. The van der Waals surface area contributed by atoms with Crippen molar-refractivity contribution < 1.29 is 9.85 Å². The Morgan fingerprint density at radius 1 is 0.828 bits per heavy atom. The molecule has 0 radical (unpaired) electrons. The Balaban J connectivity index is 1.71. The second-order valence-corrected chi connectivity index (χ2v) is 8.19. The van der Waals surface area contributed by atoms with Crippen molar-refractivity contribution in [2.45, 2.75) is 36.0 Å². The fourth-order valence-corrected chi connectivity index (χ4v) is 6.76. The van der Waals surface area contributed by atoms with Crippen LogP contribution in [0.5, 0.6) is 0 Å². The largest absolute Gasteiger partial charge is 0.352 e. The molecule has 2 saturated carbocycles. The molecule has 6 rings (SSSR count). The summed E-state index contributed by atoms with van der Waals surface area (Å²) in [6.45, 7) is 0. The molecule has 11 nitrogen and oxygen atoms in total. The van der Waals surface area contributed by atoms with E-state index in [1.807, 2.05) is 0 Å². The molecule has 0 amide bonds. The lowest BCUT2D eigenvalue weighted by Gasteiger charge is -2.40. The van der Waals surface area contributed by atoms with Gasteiger partial charge in [-0.1, -0.05) is 30.4 Å². The highest BCUT2D eigenvalue weighted by Crippen LogP contribution is 2.71. The number of hydrogen-bond donors (Lipinski definition) is 0. The molecule has 2 aromatic rings. The number of aromatic nitrogens is 3. The van der Waals surface area contributed by atoms with Gasteiger partial charge in [0.05, 0.1) is 17.5 Å². The molecule has 4 aliphatic rings. The molecule has 1 aromatic carbocycles. The molecule has 0 spiro atoms. The number of nitrogens with zero attached hydrogens (tertiary/aromatic N) is 5. The Labute approximate surface area is 161 Å². The van der Waals surface area contributed by atoms with Crippen molar-refractivity contribution in [1.82, 2.24) is 13.9 Å². The summed E-state index contributed by atoms with van der Waals surface area (Å²) in [7, 11) is 0. The number of rotatable bonds is 3. The van der Waals surface area contributed by atoms with E-state index in [1.165, 1.54) is 0 Å². The van der Waals surface area contributed by atoms with Crippen LogP contribution in [0, 0.1) is 32.1 Å². The van der Waals surface area contributed by atoms with Gasteiger partial charge in [0.2, 0.25) is 0 Å². The number of hydrogen-bond acceptors (Lipinski definition) is 6.